The minimum Gasteiger partial charge on any atom is -0.480 e. The van der Waals surface area contributed by atoms with Crippen molar-refractivity contribution in [3.05, 3.63) is 34.9 Å². The maximum Gasteiger partial charge on any atom is 0.416 e. The largest absolute Gasteiger partial charge is 0.480 e. The Balaban J connectivity index is 2.87. The lowest BCUT2D eigenvalue weighted by Crippen LogP contribution is -2.25. The molecule has 0 aromatic heterocycles. The molecule has 1 rings (SSSR count). The normalized spacial score (nSPS) is 13.4. The van der Waals surface area contributed by atoms with Crippen molar-refractivity contribution in [2.75, 3.05) is 6.54 Å². The number of carboxylic acids is 1. The van der Waals surface area contributed by atoms with E-state index in [0.29, 0.717) is 5.56 Å². The maximum atomic E-state index is 12.5. The highest BCUT2D eigenvalue weighted by Crippen LogP contribution is 2.32. The van der Waals surface area contributed by atoms with E-state index in [4.69, 9.17) is 5.11 Å². The molecular weight excluding hydrogens is 247 g/mol. The fourth-order valence-corrected chi connectivity index (χ4v) is 1.63. The maximum absolute atomic E-state index is 12.5. The van der Waals surface area contributed by atoms with Gasteiger partial charge in [-0.25, -0.2) is 0 Å². The van der Waals surface area contributed by atoms with Gasteiger partial charge >= 0.3 is 12.1 Å². The summed E-state index contributed by atoms with van der Waals surface area (Å²) in [6.45, 7) is 2.85. The van der Waals surface area contributed by atoms with Gasteiger partial charge in [-0.3, -0.25) is 4.79 Å². The minimum absolute atomic E-state index is 0.129. The second-order valence-electron chi connectivity index (χ2n) is 4.07. The Morgan fingerprint density at radius 3 is 2.50 bits per heavy atom. The third kappa shape index (κ3) is 3.73. The monoisotopic (exact) mass is 261 g/mol. The summed E-state index contributed by atoms with van der Waals surface area (Å²) < 4.78 is 37.6. The van der Waals surface area contributed by atoms with E-state index in [9.17, 15) is 18.0 Å². The van der Waals surface area contributed by atoms with Crippen LogP contribution in [0.3, 0.4) is 0 Å². The van der Waals surface area contributed by atoms with Crippen molar-refractivity contribution in [3.8, 4) is 0 Å². The van der Waals surface area contributed by atoms with E-state index in [1.54, 1.807) is 6.92 Å². The number of halogens is 3. The van der Waals surface area contributed by atoms with Crippen molar-refractivity contribution in [3.63, 3.8) is 0 Å². The molecule has 3 nitrogen and oxygen atoms in total. The molecule has 0 bridgehead atoms. The number of hydrogen-bond acceptors (Lipinski definition) is 2. The number of carboxylic acid groups (broad SMARTS) is 1. The van der Waals surface area contributed by atoms with Crippen LogP contribution in [-0.4, -0.2) is 17.6 Å². The van der Waals surface area contributed by atoms with Crippen LogP contribution in [0.25, 0.3) is 0 Å². The number of aryl methyl sites for hydroxylation is 1. The first kappa shape index (κ1) is 14.5. The van der Waals surface area contributed by atoms with Gasteiger partial charge in [0.05, 0.1) is 12.1 Å². The molecule has 1 aromatic rings. The summed E-state index contributed by atoms with van der Waals surface area (Å²) in [6.07, 6.45) is -4.36. The third-order valence-electron chi connectivity index (χ3n) is 2.62. The fourth-order valence-electron chi connectivity index (χ4n) is 1.63. The zero-order chi connectivity index (χ0) is 13.9. The number of rotatable bonds is 4. The summed E-state index contributed by atoms with van der Waals surface area (Å²) in [5, 5.41) is 11.2. The Bertz CT molecular complexity index is 443. The molecule has 0 aliphatic carbocycles. The summed E-state index contributed by atoms with van der Waals surface area (Å²) in [5.74, 6) is -1.01. The molecule has 0 aliphatic rings. The fraction of sp³-hybridized carbons (Fsp3) is 0.417. The van der Waals surface area contributed by atoms with Gasteiger partial charge in [-0.15, -0.1) is 0 Å². The van der Waals surface area contributed by atoms with Crippen molar-refractivity contribution >= 4 is 5.97 Å². The highest BCUT2D eigenvalue weighted by Gasteiger charge is 2.32. The number of aliphatic carboxylic acids is 1. The Morgan fingerprint density at radius 2 is 2.06 bits per heavy atom. The van der Waals surface area contributed by atoms with Gasteiger partial charge in [0.15, 0.2) is 0 Å². The van der Waals surface area contributed by atoms with Crippen LogP contribution in [0.2, 0.25) is 0 Å². The molecule has 1 atom stereocenters. The van der Waals surface area contributed by atoms with Gasteiger partial charge in [-0.1, -0.05) is 12.1 Å². The molecule has 0 heterocycles. The van der Waals surface area contributed by atoms with Crippen molar-refractivity contribution in [2.45, 2.75) is 26.1 Å². The van der Waals surface area contributed by atoms with E-state index in [1.165, 1.54) is 19.1 Å². The van der Waals surface area contributed by atoms with Crippen LogP contribution in [0.1, 0.15) is 29.7 Å². The Labute approximate surface area is 103 Å². The molecule has 0 saturated heterocycles. The summed E-state index contributed by atoms with van der Waals surface area (Å²) in [6, 6.07) is 3.48. The van der Waals surface area contributed by atoms with Crippen molar-refractivity contribution in [2.24, 2.45) is 0 Å². The lowest BCUT2D eigenvalue weighted by molar-refractivity contribution is -0.138. The predicted octanol–water partition coefficient (Wildman–Crippen LogP) is 2.75. The summed E-state index contributed by atoms with van der Waals surface area (Å²) >= 11 is 0. The highest BCUT2D eigenvalue weighted by molar-refractivity contribution is 5.69. The molecule has 0 spiro atoms. The minimum atomic E-state index is -4.36. The summed E-state index contributed by atoms with van der Waals surface area (Å²) in [5.41, 5.74) is 0.0856. The van der Waals surface area contributed by atoms with Crippen LogP contribution in [0.5, 0.6) is 0 Å². The van der Waals surface area contributed by atoms with Gasteiger partial charge in [0.2, 0.25) is 0 Å². The molecule has 0 amide bonds. The van der Waals surface area contributed by atoms with Gasteiger partial charge in [0, 0.05) is 6.04 Å². The van der Waals surface area contributed by atoms with E-state index >= 15 is 0 Å². The molecule has 0 saturated carbocycles. The van der Waals surface area contributed by atoms with Crippen LogP contribution in [0.4, 0.5) is 13.2 Å². The van der Waals surface area contributed by atoms with Gasteiger partial charge in [0.1, 0.15) is 0 Å². The van der Waals surface area contributed by atoms with Crippen LogP contribution in [-0.2, 0) is 11.0 Å². The highest BCUT2D eigenvalue weighted by atomic mass is 19.4. The van der Waals surface area contributed by atoms with E-state index in [-0.39, 0.29) is 18.2 Å². The van der Waals surface area contributed by atoms with E-state index in [0.717, 1.165) is 6.07 Å². The number of nitrogens with one attached hydrogen (secondary N) is 1. The van der Waals surface area contributed by atoms with E-state index in [2.05, 4.69) is 5.32 Å². The first-order valence-electron chi connectivity index (χ1n) is 5.34. The van der Waals surface area contributed by atoms with Gasteiger partial charge < -0.3 is 10.4 Å². The average Bonchev–Trinajstić information content (AvgIpc) is 2.23. The molecule has 1 aromatic carbocycles. The number of hydrogen-bond donors (Lipinski definition) is 2. The van der Waals surface area contributed by atoms with Crippen molar-refractivity contribution in [1.82, 2.24) is 5.32 Å². The van der Waals surface area contributed by atoms with E-state index in [1.807, 2.05) is 0 Å². The second kappa shape index (κ2) is 5.39. The standard InChI is InChI=1S/C12H14F3NO2/c1-7-5-9(8(2)16-6-11(17)18)3-4-10(7)12(13,14)15/h3-5,8,16H,6H2,1-2H3,(H,17,18). The smallest absolute Gasteiger partial charge is 0.416 e. The van der Waals surface area contributed by atoms with E-state index < -0.39 is 17.7 Å². The Kier molecular flexibility index (Phi) is 4.34. The molecule has 1 unspecified atom stereocenters. The lowest BCUT2D eigenvalue weighted by atomic mass is 10.0. The molecule has 2 N–H and O–H groups in total. The second-order valence-corrected chi connectivity index (χ2v) is 4.07. The third-order valence-corrected chi connectivity index (χ3v) is 2.62. The Morgan fingerprint density at radius 1 is 1.44 bits per heavy atom. The Hall–Kier alpha value is -1.56. The summed E-state index contributed by atoms with van der Waals surface area (Å²) in [7, 11) is 0. The van der Waals surface area contributed by atoms with Crippen molar-refractivity contribution in [1.29, 1.82) is 0 Å². The van der Waals surface area contributed by atoms with Gasteiger partial charge in [-0.2, -0.15) is 13.2 Å². The molecule has 0 aliphatic heterocycles. The predicted molar refractivity (Wildman–Crippen MR) is 60.2 cm³/mol. The first-order valence-corrected chi connectivity index (χ1v) is 5.34. The quantitative estimate of drug-likeness (QED) is 0.876. The zero-order valence-electron chi connectivity index (χ0n) is 10.0. The number of alkyl halides is 3. The lowest BCUT2D eigenvalue weighted by Gasteiger charge is -2.16. The SMILES string of the molecule is Cc1cc(C(C)NCC(=O)O)ccc1C(F)(F)F. The van der Waals surface area contributed by atoms with Crippen LogP contribution in [0, 0.1) is 6.92 Å². The average molecular weight is 261 g/mol. The van der Waals surface area contributed by atoms with Crippen LogP contribution in [0.15, 0.2) is 18.2 Å². The molecule has 0 radical (unpaired) electrons. The molecule has 0 fully saturated rings. The van der Waals surface area contributed by atoms with Crippen molar-refractivity contribution < 1.29 is 23.1 Å². The molecule has 6 heteroatoms. The molecule has 100 valence electrons. The van der Waals surface area contributed by atoms with Crippen LogP contribution < -0.4 is 5.32 Å². The van der Waals surface area contributed by atoms with Gasteiger partial charge in [-0.05, 0) is 31.0 Å². The molecular formula is C12H14F3NO2. The van der Waals surface area contributed by atoms with Crippen LogP contribution >= 0.6 is 0 Å². The summed E-state index contributed by atoms with van der Waals surface area (Å²) in [4.78, 5) is 10.4. The number of benzene rings is 1. The van der Waals surface area contributed by atoms with Gasteiger partial charge in [0.25, 0.3) is 0 Å². The first-order chi connectivity index (χ1) is 8.21. The molecule has 18 heavy (non-hydrogen) atoms. The zero-order valence-corrected chi connectivity index (χ0v) is 10.0. The topological polar surface area (TPSA) is 49.3 Å². The number of carbonyl (C=O) groups is 1.